The van der Waals surface area contributed by atoms with Crippen LogP contribution in [0.5, 0.6) is 0 Å². The van der Waals surface area contributed by atoms with E-state index in [9.17, 15) is 9.59 Å². The molecule has 1 aromatic heterocycles. The number of amides is 3. The summed E-state index contributed by atoms with van der Waals surface area (Å²) in [6.07, 6.45) is 0. The highest BCUT2D eigenvalue weighted by molar-refractivity contribution is 7.16. The van der Waals surface area contributed by atoms with Crippen LogP contribution in [0.25, 0.3) is 0 Å². The van der Waals surface area contributed by atoms with Crippen molar-refractivity contribution in [1.82, 2.24) is 20.4 Å². The Labute approximate surface area is 152 Å². The summed E-state index contributed by atoms with van der Waals surface area (Å²) in [6, 6.07) is 3.79. The fourth-order valence-electron chi connectivity index (χ4n) is 2.59. The molecule has 1 aliphatic rings. The Bertz CT molecular complexity index is 570. The van der Waals surface area contributed by atoms with E-state index in [1.165, 1.54) is 11.3 Å². The lowest BCUT2D eigenvalue weighted by molar-refractivity contribution is -0.123. The fraction of sp³-hybridized carbons (Fsp3) is 0.625. The largest absolute Gasteiger partial charge is 0.353 e. The van der Waals surface area contributed by atoms with Crippen LogP contribution in [0.3, 0.4) is 0 Å². The highest BCUT2D eigenvalue weighted by Gasteiger charge is 2.23. The van der Waals surface area contributed by atoms with Gasteiger partial charge in [-0.05, 0) is 32.9 Å². The molecule has 1 aliphatic heterocycles. The lowest BCUT2D eigenvalue weighted by Gasteiger charge is -2.35. The lowest BCUT2D eigenvalue weighted by atomic mass is 10.2. The number of halogens is 1. The third-order valence-corrected chi connectivity index (χ3v) is 5.25. The Kier molecular flexibility index (Phi) is 6.89. The van der Waals surface area contributed by atoms with Crippen molar-refractivity contribution in [3.05, 3.63) is 21.3 Å². The van der Waals surface area contributed by atoms with Crippen LogP contribution < -0.4 is 10.6 Å². The van der Waals surface area contributed by atoms with Crippen molar-refractivity contribution < 1.29 is 9.59 Å². The molecule has 1 aromatic rings. The standard InChI is InChI=1S/C16H25ClN4O2S/c1-11(2)18-15(22)10-20-6-8-21(9-7-20)16(23)19-12(3)13-4-5-14(17)24-13/h4-5,11-12H,6-10H2,1-3H3,(H,18,22)(H,19,23). The third-order valence-electron chi connectivity index (χ3n) is 3.84. The Morgan fingerprint density at radius 1 is 1.17 bits per heavy atom. The summed E-state index contributed by atoms with van der Waals surface area (Å²) in [5.74, 6) is 0.0334. The normalized spacial score (nSPS) is 17.0. The Hall–Kier alpha value is -1.31. The van der Waals surface area contributed by atoms with Crippen molar-refractivity contribution in [1.29, 1.82) is 0 Å². The zero-order valence-corrected chi connectivity index (χ0v) is 15.9. The predicted octanol–water partition coefficient (Wildman–Crippen LogP) is 2.31. The van der Waals surface area contributed by atoms with Gasteiger partial charge in [-0.3, -0.25) is 9.69 Å². The molecule has 1 saturated heterocycles. The maximum atomic E-state index is 12.4. The van der Waals surface area contributed by atoms with E-state index in [2.05, 4.69) is 15.5 Å². The summed E-state index contributed by atoms with van der Waals surface area (Å²) in [5, 5.41) is 5.89. The van der Waals surface area contributed by atoms with Crippen molar-refractivity contribution in [2.45, 2.75) is 32.9 Å². The number of thiophene rings is 1. The number of hydrogen-bond donors (Lipinski definition) is 2. The van der Waals surface area contributed by atoms with Crippen molar-refractivity contribution in [3.63, 3.8) is 0 Å². The number of rotatable bonds is 5. The van der Waals surface area contributed by atoms with Gasteiger partial charge in [-0.25, -0.2) is 4.79 Å². The molecule has 0 aliphatic carbocycles. The summed E-state index contributed by atoms with van der Waals surface area (Å²) in [6.45, 7) is 8.89. The van der Waals surface area contributed by atoms with E-state index in [0.29, 0.717) is 32.7 Å². The number of carbonyl (C=O) groups is 2. The van der Waals surface area contributed by atoms with E-state index < -0.39 is 0 Å². The van der Waals surface area contributed by atoms with Gasteiger partial charge in [0.15, 0.2) is 0 Å². The molecule has 0 aromatic carbocycles. The van der Waals surface area contributed by atoms with Gasteiger partial charge in [0.2, 0.25) is 5.91 Å². The average Bonchev–Trinajstić information content (AvgIpc) is 2.93. The maximum Gasteiger partial charge on any atom is 0.317 e. The average molecular weight is 373 g/mol. The van der Waals surface area contributed by atoms with E-state index in [0.717, 1.165) is 9.21 Å². The first-order valence-electron chi connectivity index (χ1n) is 8.17. The van der Waals surface area contributed by atoms with Gasteiger partial charge < -0.3 is 15.5 Å². The molecular weight excluding hydrogens is 348 g/mol. The zero-order chi connectivity index (χ0) is 17.7. The van der Waals surface area contributed by atoms with Crippen molar-refractivity contribution in [3.8, 4) is 0 Å². The minimum Gasteiger partial charge on any atom is -0.353 e. The van der Waals surface area contributed by atoms with Gasteiger partial charge >= 0.3 is 6.03 Å². The predicted molar refractivity (Wildman–Crippen MR) is 97.6 cm³/mol. The molecule has 1 fully saturated rings. The van der Waals surface area contributed by atoms with Gasteiger partial charge in [0, 0.05) is 37.1 Å². The molecule has 3 amide bonds. The number of piperazine rings is 1. The first kappa shape index (κ1) is 19.0. The third kappa shape index (κ3) is 5.65. The molecular formula is C16H25ClN4O2S. The van der Waals surface area contributed by atoms with Crippen LogP contribution in [0.1, 0.15) is 31.7 Å². The number of carbonyl (C=O) groups excluding carboxylic acids is 2. The molecule has 1 atom stereocenters. The van der Waals surface area contributed by atoms with Crippen LogP contribution in [0, 0.1) is 0 Å². The molecule has 0 bridgehead atoms. The van der Waals surface area contributed by atoms with E-state index >= 15 is 0 Å². The molecule has 0 saturated carbocycles. The molecule has 2 N–H and O–H groups in total. The lowest BCUT2D eigenvalue weighted by Crippen LogP contribution is -2.53. The monoisotopic (exact) mass is 372 g/mol. The van der Waals surface area contributed by atoms with Crippen LogP contribution in [0.2, 0.25) is 4.34 Å². The van der Waals surface area contributed by atoms with Gasteiger partial charge in [0.25, 0.3) is 0 Å². The molecule has 24 heavy (non-hydrogen) atoms. The second-order valence-electron chi connectivity index (χ2n) is 6.30. The summed E-state index contributed by atoms with van der Waals surface area (Å²) in [4.78, 5) is 29.0. The summed E-state index contributed by atoms with van der Waals surface area (Å²) in [5.41, 5.74) is 0. The smallest absolute Gasteiger partial charge is 0.317 e. The number of urea groups is 1. The second kappa shape index (κ2) is 8.69. The van der Waals surface area contributed by atoms with E-state index in [1.807, 2.05) is 32.9 Å². The first-order valence-corrected chi connectivity index (χ1v) is 9.37. The van der Waals surface area contributed by atoms with Gasteiger partial charge in [-0.1, -0.05) is 11.6 Å². The number of nitrogens with one attached hydrogen (secondary N) is 2. The Morgan fingerprint density at radius 3 is 2.38 bits per heavy atom. The molecule has 134 valence electrons. The minimum atomic E-state index is -0.0710. The summed E-state index contributed by atoms with van der Waals surface area (Å²) >= 11 is 7.41. The first-order chi connectivity index (χ1) is 11.3. The van der Waals surface area contributed by atoms with E-state index in [4.69, 9.17) is 11.6 Å². The van der Waals surface area contributed by atoms with Crippen LogP contribution in [0.4, 0.5) is 4.79 Å². The molecule has 8 heteroatoms. The van der Waals surface area contributed by atoms with Crippen LogP contribution >= 0.6 is 22.9 Å². The van der Waals surface area contributed by atoms with Crippen molar-refractivity contribution >= 4 is 34.9 Å². The topological polar surface area (TPSA) is 64.7 Å². The van der Waals surface area contributed by atoms with Gasteiger partial charge in [-0.15, -0.1) is 11.3 Å². The van der Waals surface area contributed by atoms with Crippen LogP contribution in [-0.4, -0.2) is 60.5 Å². The molecule has 6 nitrogen and oxygen atoms in total. The fourth-order valence-corrected chi connectivity index (χ4v) is 3.65. The van der Waals surface area contributed by atoms with Crippen LogP contribution in [-0.2, 0) is 4.79 Å². The van der Waals surface area contributed by atoms with Crippen molar-refractivity contribution in [2.24, 2.45) is 0 Å². The molecule has 2 rings (SSSR count). The quantitative estimate of drug-likeness (QED) is 0.833. The minimum absolute atomic E-state index is 0.0334. The Morgan fingerprint density at radius 2 is 1.83 bits per heavy atom. The number of nitrogens with zero attached hydrogens (tertiary/aromatic N) is 2. The summed E-state index contributed by atoms with van der Waals surface area (Å²) in [7, 11) is 0. The molecule has 0 spiro atoms. The number of hydrogen-bond acceptors (Lipinski definition) is 4. The highest BCUT2D eigenvalue weighted by Crippen LogP contribution is 2.26. The van der Waals surface area contributed by atoms with Crippen LogP contribution in [0.15, 0.2) is 12.1 Å². The maximum absolute atomic E-state index is 12.4. The van der Waals surface area contributed by atoms with E-state index in [-0.39, 0.29) is 24.0 Å². The molecule has 2 heterocycles. The van der Waals surface area contributed by atoms with Gasteiger partial charge in [-0.2, -0.15) is 0 Å². The Balaban J connectivity index is 1.75. The van der Waals surface area contributed by atoms with E-state index in [1.54, 1.807) is 4.90 Å². The van der Waals surface area contributed by atoms with Gasteiger partial charge in [0.1, 0.15) is 0 Å². The molecule has 1 unspecified atom stereocenters. The highest BCUT2D eigenvalue weighted by atomic mass is 35.5. The second-order valence-corrected chi connectivity index (χ2v) is 8.05. The van der Waals surface area contributed by atoms with Crippen molar-refractivity contribution in [2.75, 3.05) is 32.7 Å². The van der Waals surface area contributed by atoms with Gasteiger partial charge in [0.05, 0.1) is 16.9 Å². The zero-order valence-electron chi connectivity index (χ0n) is 14.3. The molecule has 0 radical (unpaired) electrons. The SMILES string of the molecule is CC(C)NC(=O)CN1CCN(C(=O)NC(C)c2ccc(Cl)s2)CC1. The summed E-state index contributed by atoms with van der Waals surface area (Å²) < 4.78 is 0.722.